The molecule has 0 aliphatic carbocycles. The molecular weight excluding hydrogens is 314 g/mol. The summed E-state index contributed by atoms with van der Waals surface area (Å²) in [5.74, 6) is 1.25. The summed E-state index contributed by atoms with van der Waals surface area (Å²) in [5, 5.41) is 8.16. The molecule has 1 fully saturated rings. The molecule has 0 saturated carbocycles. The topological polar surface area (TPSA) is 46.9 Å². The number of nitrogens with zero attached hydrogens (tertiary/aromatic N) is 2. The summed E-state index contributed by atoms with van der Waals surface area (Å²) in [5.41, 5.74) is 0.721. The largest absolute Gasteiger partial charge is 0.382 e. The van der Waals surface area contributed by atoms with Gasteiger partial charge in [0.2, 0.25) is 0 Å². The van der Waals surface area contributed by atoms with Crippen LogP contribution in [0.1, 0.15) is 32.7 Å². The first kappa shape index (κ1) is 13.9. The van der Waals surface area contributed by atoms with Gasteiger partial charge >= 0.3 is 0 Å². The average Bonchev–Trinajstić information content (AvgIpc) is 2.83. The van der Waals surface area contributed by atoms with Crippen LogP contribution in [0.2, 0.25) is 0 Å². The Labute approximate surface area is 120 Å². The van der Waals surface area contributed by atoms with Crippen molar-refractivity contribution < 1.29 is 0 Å². The molecule has 1 aliphatic rings. The van der Waals surface area contributed by atoms with Gasteiger partial charge in [-0.25, -0.2) is 4.68 Å². The molecule has 1 atom stereocenters. The molecule has 2 heterocycles. The zero-order valence-electron chi connectivity index (χ0n) is 10.6. The molecular formula is C12H18BrN3OS. The number of anilines is 1. The van der Waals surface area contributed by atoms with Gasteiger partial charge in [0.1, 0.15) is 4.47 Å². The Morgan fingerprint density at radius 3 is 3.06 bits per heavy atom. The number of aromatic nitrogens is 2. The molecule has 2 rings (SSSR count). The van der Waals surface area contributed by atoms with Crippen molar-refractivity contribution in [2.24, 2.45) is 0 Å². The molecule has 0 bridgehead atoms. The van der Waals surface area contributed by atoms with Gasteiger partial charge in [0.15, 0.2) is 0 Å². The van der Waals surface area contributed by atoms with E-state index in [0.29, 0.717) is 9.72 Å². The first-order valence-electron chi connectivity index (χ1n) is 6.22. The number of thioether (sulfide) groups is 1. The van der Waals surface area contributed by atoms with E-state index < -0.39 is 0 Å². The predicted molar refractivity (Wildman–Crippen MR) is 80.6 cm³/mol. The Morgan fingerprint density at radius 2 is 2.44 bits per heavy atom. The number of halogens is 1. The van der Waals surface area contributed by atoms with Gasteiger partial charge in [0, 0.05) is 11.8 Å². The van der Waals surface area contributed by atoms with Crippen molar-refractivity contribution >= 4 is 33.4 Å². The van der Waals surface area contributed by atoms with E-state index in [1.807, 2.05) is 25.6 Å². The van der Waals surface area contributed by atoms with Crippen LogP contribution in [0, 0.1) is 0 Å². The monoisotopic (exact) mass is 331 g/mol. The van der Waals surface area contributed by atoms with Gasteiger partial charge in [0.05, 0.1) is 17.9 Å². The van der Waals surface area contributed by atoms with E-state index in [-0.39, 0.29) is 11.6 Å². The SMILES string of the molecule is CC(C)n1ncc(NCC2CCCS2)c(Br)c1=O. The molecule has 0 spiro atoms. The third kappa shape index (κ3) is 3.09. The molecule has 6 heteroatoms. The third-order valence-corrected chi connectivity index (χ3v) is 5.14. The molecule has 1 aromatic heterocycles. The molecule has 18 heavy (non-hydrogen) atoms. The fraction of sp³-hybridized carbons (Fsp3) is 0.667. The fourth-order valence-electron chi connectivity index (χ4n) is 1.97. The summed E-state index contributed by atoms with van der Waals surface area (Å²) in [6.07, 6.45) is 4.28. The first-order valence-corrected chi connectivity index (χ1v) is 8.06. The van der Waals surface area contributed by atoms with Crippen LogP contribution >= 0.6 is 27.7 Å². The summed E-state index contributed by atoms with van der Waals surface area (Å²) in [6, 6.07) is 0.0771. The standard InChI is InChI=1S/C12H18BrN3OS/c1-8(2)16-12(17)11(13)10(7-15-16)14-6-9-4-3-5-18-9/h7-9,14H,3-6H2,1-2H3. The van der Waals surface area contributed by atoms with Crippen LogP contribution in [0.5, 0.6) is 0 Å². The maximum Gasteiger partial charge on any atom is 0.283 e. The number of hydrogen-bond donors (Lipinski definition) is 1. The van der Waals surface area contributed by atoms with E-state index in [0.717, 1.165) is 12.2 Å². The van der Waals surface area contributed by atoms with Crippen LogP contribution in [0.15, 0.2) is 15.5 Å². The normalized spacial score (nSPS) is 19.4. The summed E-state index contributed by atoms with van der Waals surface area (Å²) in [7, 11) is 0. The average molecular weight is 332 g/mol. The Morgan fingerprint density at radius 1 is 1.67 bits per heavy atom. The summed E-state index contributed by atoms with van der Waals surface area (Å²) in [4.78, 5) is 12.0. The van der Waals surface area contributed by atoms with E-state index in [1.165, 1.54) is 23.3 Å². The predicted octanol–water partition coefficient (Wildman–Crippen LogP) is 2.89. The van der Waals surface area contributed by atoms with E-state index in [9.17, 15) is 4.79 Å². The third-order valence-electron chi connectivity index (χ3n) is 2.98. The van der Waals surface area contributed by atoms with E-state index in [4.69, 9.17) is 0 Å². The minimum atomic E-state index is -0.0749. The highest BCUT2D eigenvalue weighted by Crippen LogP contribution is 2.27. The molecule has 0 radical (unpaired) electrons. The minimum absolute atomic E-state index is 0.0749. The van der Waals surface area contributed by atoms with Crippen molar-refractivity contribution in [3.8, 4) is 0 Å². The molecule has 0 aromatic carbocycles. The van der Waals surface area contributed by atoms with Gasteiger partial charge in [-0.05, 0) is 48.4 Å². The number of hydrogen-bond acceptors (Lipinski definition) is 4. The first-order chi connectivity index (χ1) is 8.59. The van der Waals surface area contributed by atoms with Crippen molar-refractivity contribution in [2.75, 3.05) is 17.6 Å². The molecule has 1 unspecified atom stereocenters. The van der Waals surface area contributed by atoms with Crippen LogP contribution in [0.4, 0.5) is 5.69 Å². The quantitative estimate of drug-likeness (QED) is 0.921. The van der Waals surface area contributed by atoms with Crippen molar-refractivity contribution in [1.82, 2.24) is 9.78 Å². The Balaban J connectivity index is 2.09. The van der Waals surface area contributed by atoms with Crippen LogP contribution in [0.3, 0.4) is 0 Å². The summed E-state index contributed by atoms with van der Waals surface area (Å²) in [6.45, 7) is 4.79. The molecule has 1 aromatic rings. The van der Waals surface area contributed by atoms with E-state index in [1.54, 1.807) is 6.20 Å². The minimum Gasteiger partial charge on any atom is -0.382 e. The smallest absolute Gasteiger partial charge is 0.283 e. The highest BCUT2D eigenvalue weighted by molar-refractivity contribution is 9.10. The maximum atomic E-state index is 12.0. The van der Waals surface area contributed by atoms with Crippen molar-refractivity contribution in [1.29, 1.82) is 0 Å². The van der Waals surface area contributed by atoms with Crippen LogP contribution in [-0.4, -0.2) is 27.3 Å². The summed E-state index contributed by atoms with van der Waals surface area (Å²) >= 11 is 5.36. The van der Waals surface area contributed by atoms with Gasteiger partial charge in [-0.15, -0.1) is 0 Å². The molecule has 0 amide bonds. The molecule has 1 saturated heterocycles. The Bertz CT molecular complexity index is 469. The lowest BCUT2D eigenvalue weighted by Gasteiger charge is -2.14. The number of nitrogens with one attached hydrogen (secondary N) is 1. The highest BCUT2D eigenvalue weighted by Gasteiger charge is 2.16. The van der Waals surface area contributed by atoms with E-state index >= 15 is 0 Å². The second-order valence-electron chi connectivity index (χ2n) is 4.73. The number of rotatable bonds is 4. The maximum absolute atomic E-state index is 12.0. The van der Waals surface area contributed by atoms with Gasteiger partial charge in [-0.1, -0.05) is 0 Å². The molecule has 4 nitrogen and oxygen atoms in total. The highest BCUT2D eigenvalue weighted by atomic mass is 79.9. The molecule has 100 valence electrons. The second kappa shape index (κ2) is 6.10. The van der Waals surface area contributed by atoms with Crippen molar-refractivity contribution in [2.45, 2.75) is 38.0 Å². The van der Waals surface area contributed by atoms with Crippen molar-refractivity contribution in [3.05, 3.63) is 21.0 Å². The van der Waals surface area contributed by atoms with Gasteiger partial charge in [-0.2, -0.15) is 16.9 Å². The van der Waals surface area contributed by atoms with Gasteiger partial charge in [0.25, 0.3) is 5.56 Å². The fourth-order valence-corrected chi connectivity index (χ4v) is 3.59. The van der Waals surface area contributed by atoms with Crippen molar-refractivity contribution in [3.63, 3.8) is 0 Å². The lowest BCUT2D eigenvalue weighted by atomic mass is 10.2. The van der Waals surface area contributed by atoms with Gasteiger partial charge in [-0.3, -0.25) is 4.79 Å². The summed E-state index contributed by atoms with van der Waals surface area (Å²) < 4.78 is 2.06. The molecule has 1 N–H and O–H groups in total. The second-order valence-corrected chi connectivity index (χ2v) is 6.93. The molecule has 1 aliphatic heterocycles. The zero-order valence-corrected chi connectivity index (χ0v) is 13.1. The van der Waals surface area contributed by atoms with Gasteiger partial charge < -0.3 is 5.32 Å². The van der Waals surface area contributed by atoms with Crippen LogP contribution < -0.4 is 10.9 Å². The van der Waals surface area contributed by atoms with Crippen LogP contribution in [-0.2, 0) is 0 Å². The Hall–Kier alpha value is -0.490. The Kier molecular flexibility index (Phi) is 4.72. The lowest BCUT2D eigenvalue weighted by molar-refractivity contribution is 0.501. The zero-order chi connectivity index (χ0) is 13.1. The van der Waals surface area contributed by atoms with Crippen LogP contribution in [0.25, 0.3) is 0 Å². The lowest BCUT2D eigenvalue weighted by Crippen LogP contribution is -2.26. The van der Waals surface area contributed by atoms with E-state index in [2.05, 4.69) is 26.3 Å².